The lowest BCUT2D eigenvalue weighted by Gasteiger charge is -2.28. The molecule has 5 heteroatoms. The van der Waals surface area contributed by atoms with Crippen molar-refractivity contribution in [2.75, 3.05) is 24.7 Å². The number of morpholine rings is 1. The molecule has 1 fully saturated rings. The Morgan fingerprint density at radius 2 is 2.24 bits per heavy atom. The van der Waals surface area contributed by atoms with Crippen LogP contribution in [0.4, 0.5) is 5.69 Å². The molecule has 17 heavy (non-hydrogen) atoms. The number of ether oxygens (including phenoxy) is 1. The minimum absolute atomic E-state index is 0.00688. The number of carbonyl (C=O) groups excluding carboxylic acids is 1. The average molecular weight is 235 g/mol. The molecule has 0 aliphatic carbocycles. The molecule has 1 aliphatic rings. The molecule has 0 unspecified atom stereocenters. The van der Waals surface area contributed by atoms with Crippen molar-refractivity contribution in [3.8, 4) is 0 Å². The van der Waals surface area contributed by atoms with Crippen LogP contribution in [0.25, 0.3) is 0 Å². The molecule has 2 rings (SSSR count). The predicted octanol–water partition coefficient (Wildman–Crippen LogP) is 1.06. The number of nitrogens with zero attached hydrogens (tertiary/aromatic N) is 1. The van der Waals surface area contributed by atoms with Gasteiger partial charge in [0.25, 0.3) is 5.91 Å². The van der Waals surface area contributed by atoms with Crippen LogP contribution in [0.1, 0.15) is 15.9 Å². The first-order valence-electron chi connectivity index (χ1n) is 5.31. The fourth-order valence-corrected chi connectivity index (χ4v) is 1.83. The number of carboxylic acids is 1. The molecule has 90 valence electrons. The van der Waals surface area contributed by atoms with Crippen LogP contribution in [0.5, 0.6) is 0 Å². The lowest BCUT2D eigenvalue weighted by atomic mass is 10.1. The second-order valence-electron chi connectivity index (χ2n) is 3.92. The molecular formula is C12H13NO4. The maximum Gasteiger partial charge on any atom is 0.337 e. The molecule has 0 atom stereocenters. The van der Waals surface area contributed by atoms with Crippen molar-refractivity contribution in [1.82, 2.24) is 0 Å². The Bertz CT molecular complexity index is 470. The Morgan fingerprint density at radius 1 is 1.47 bits per heavy atom. The molecular weight excluding hydrogens is 222 g/mol. The number of rotatable bonds is 2. The zero-order valence-electron chi connectivity index (χ0n) is 9.47. The highest BCUT2D eigenvalue weighted by atomic mass is 16.5. The quantitative estimate of drug-likeness (QED) is 0.832. The van der Waals surface area contributed by atoms with Crippen molar-refractivity contribution in [2.24, 2.45) is 0 Å². The van der Waals surface area contributed by atoms with E-state index < -0.39 is 5.97 Å². The summed E-state index contributed by atoms with van der Waals surface area (Å²) in [5.41, 5.74) is 1.45. The predicted molar refractivity (Wildman–Crippen MR) is 61.3 cm³/mol. The summed E-state index contributed by atoms with van der Waals surface area (Å²) in [4.78, 5) is 24.3. The molecule has 0 saturated carbocycles. The van der Waals surface area contributed by atoms with E-state index in [2.05, 4.69) is 0 Å². The van der Waals surface area contributed by atoms with Crippen LogP contribution >= 0.6 is 0 Å². The van der Waals surface area contributed by atoms with Gasteiger partial charge in [0.1, 0.15) is 6.61 Å². The Balaban J connectivity index is 2.43. The number of benzene rings is 1. The molecule has 0 bridgehead atoms. The molecule has 1 aromatic rings. The number of carbonyl (C=O) groups is 2. The van der Waals surface area contributed by atoms with Gasteiger partial charge in [-0.15, -0.1) is 0 Å². The SMILES string of the molecule is Cc1ccc(N2CCOCC2=O)c(C(=O)O)c1. The highest BCUT2D eigenvalue weighted by Crippen LogP contribution is 2.23. The topological polar surface area (TPSA) is 66.8 Å². The van der Waals surface area contributed by atoms with Gasteiger partial charge in [-0.1, -0.05) is 11.6 Å². The third-order valence-corrected chi connectivity index (χ3v) is 2.66. The van der Waals surface area contributed by atoms with Gasteiger partial charge in [0.05, 0.1) is 17.9 Å². The third-order valence-electron chi connectivity index (χ3n) is 2.66. The van der Waals surface area contributed by atoms with E-state index in [9.17, 15) is 9.59 Å². The van der Waals surface area contributed by atoms with Crippen molar-refractivity contribution in [2.45, 2.75) is 6.92 Å². The normalized spacial score (nSPS) is 16.1. The van der Waals surface area contributed by atoms with E-state index in [0.717, 1.165) is 5.56 Å². The van der Waals surface area contributed by atoms with Crippen LogP contribution in [-0.4, -0.2) is 36.7 Å². The lowest BCUT2D eigenvalue weighted by Crippen LogP contribution is -2.42. The van der Waals surface area contributed by atoms with Crippen LogP contribution in [0.15, 0.2) is 18.2 Å². The fraction of sp³-hybridized carbons (Fsp3) is 0.333. The van der Waals surface area contributed by atoms with Crippen LogP contribution in [0, 0.1) is 6.92 Å². The minimum Gasteiger partial charge on any atom is -0.478 e. The van der Waals surface area contributed by atoms with E-state index in [4.69, 9.17) is 9.84 Å². The molecule has 1 N–H and O–H groups in total. The van der Waals surface area contributed by atoms with Crippen molar-refractivity contribution >= 4 is 17.6 Å². The number of hydrogen-bond donors (Lipinski definition) is 1. The van der Waals surface area contributed by atoms with E-state index in [0.29, 0.717) is 18.8 Å². The Morgan fingerprint density at radius 3 is 2.88 bits per heavy atom. The summed E-state index contributed by atoms with van der Waals surface area (Å²) in [6.45, 7) is 2.64. The standard InChI is InChI=1S/C12H13NO4/c1-8-2-3-10(9(6-8)12(15)16)13-4-5-17-7-11(13)14/h2-3,6H,4-5,7H2,1H3,(H,15,16). The highest BCUT2D eigenvalue weighted by Gasteiger charge is 2.24. The van der Waals surface area contributed by atoms with Gasteiger partial charge in [0.15, 0.2) is 0 Å². The van der Waals surface area contributed by atoms with E-state index in [-0.39, 0.29) is 18.1 Å². The molecule has 0 spiro atoms. The maximum atomic E-state index is 11.7. The second kappa shape index (κ2) is 4.55. The maximum absolute atomic E-state index is 11.7. The van der Waals surface area contributed by atoms with Crippen molar-refractivity contribution in [1.29, 1.82) is 0 Å². The Labute approximate surface area is 98.6 Å². The zero-order chi connectivity index (χ0) is 12.4. The monoisotopic (exact) mass is 235 g/mol. The van der Waals surface area contributed by atoms with Crippen LogP contribution < -0.4 is 4.90 Å². The third kappa shape index (κ3) is 2.29. The van der Waals surface area contributed by atoms with Gasteiger partial charge in [0, 0.05) is 6.54 Å². The lowest BCUT2D eigenvalue weighted by molar-refractivity contribution is -0.125. The van der Waals surface area contributed by atoms with Gasteiger partial charge in [-0.2, -0.15) is 0 Å². The number of anilines is 1. The molecule has 1 saturated heterocycles. The van der Waals surface area contributed by atoms with E-state index in [1.54, 1.807) is 18.2 Å². The largest absolute Gasteiger partial charge is 0.478 e. The summed E-state index contributed by atoms with van der Waals surface area (Å²) in [5, 5.41) is 9.14. The summed E-state index contributed by atoms with van der Waals surface area (Å²) in [6.07, 6.45) is 0. The van der Waals surface area contributed by atoms with Crippen LogP contribution in [0.2, 0.25) is 0 Å². The molecule has 1 aromatic carbocycles. The van der Waals surface area contributed by atoms with E-state index >= 15 is 0 Å². The van der Waals surface area contributed by atoms with Gasteiger partial charge >= 0.3 is 5.97 Å². The first kappa shape index (κ1) is 11.6. The van der Waals surface area contributed by atoms with Gasteiger partial charge in [-0.3, -0.25) is 4.79 Å². The Hall–Kier alpha value is -1.88. The number of hydrogen-bond acceptors (Lipinski definition) is 3. The first-order valence-corrected chi connectivity index (χ1v) is 5.31. The van der Waals surface area contributed by atoms with Crippen molar-refractivity contribution < 1.29 is 19.4 Å². The Kier molecular flexibility index (Phi) is 3.10. The number of aryl methyl sites for hydroxylation is 1. The summed E-state index contributed by atoms with van der Waals surface area (Å²) in [5.74, 6) is -1.23. The van der Waals surface area contributed by atoms with E-state index in [1.165, 1.54) is 4.90 Å². The average Bonchev–Trinajstić information content (AvgIpc) is 2.30. The number of amides is 1. The molecule has 5 nitrogen and oxygen atoms in total. The van der Waals surface area contributed by atoms with Crippen molar-refractivity contribution in [3.63, 3.8) is 0 Å². The minimum atomic E-state index is -1.03. The molecule has 1 aliphatic heterocycles. The van der Waals surface area contributed by atoms with Gasteiger partial charge < -0.3 is 14.7 Å². The molecule has 0 aromatic heterocycles. The van der Waals surface area contributed by atoms with Gasteiger partial charge in [0.2, 0.25) is 0 Å². The van der Waals surface area contributed by atoms with Gasteiger partial charge in [-0.05, 0) is 19.1 Å². The van der Waals surface area contributed by atoms with E-state index in [1.807, 2.05) is 6.92 Å². The summed E-state index contributed by atoms with van der Waals surface area (Å²) in [7, 11) is 0. The summed E-state index contributed by atoms with van der Waals surface area (Å²) in [6, 6.07) is 5.03. The van der Waals surface area contributed by atoms with Crippen LogP contribution in [0.3, 0.4) is 0 Å². The fourth-order valence-electron chi connectivity index (χ4n) is 1.83. The van der Waals surface area contributed by atoms with Crippen molar-refractivity contribution in [3.05, 3.63) is 29.3 Å². The summed E-state index contributed by atoms with van der Waals surface area (Å²) >= 11 is 0. The first-order chi connectivity index (χ1) is 8.09. The number of aromatic carboxylic acids is 1. The number of carboxylic acid groups (broad SMARTS) is 1. The molecule has 0 radical (unpaired) electrons. The van der Waals surface area contributed by atoms with Crippen LogP contribution in [-0.2, 0) is 9.53 Å². The molecule has 1 amide bonds. The highest BCUT2D eigenvalue weighted by molar-refractivity contribution is 6.02. The molecule has 1 heterocycles. The van der Waals surface area contributed by atoms with Gasteiger partial charge in [-0.25, -0.2) is 4.79 Å². The zero-order valence-corrected chi connectivity index (χ0v) is 9.47. The smallest absolute Gasteiger partial charge is 0.337 e. The summed E-state index contributed by atoms with van der Waals surface area (Å²) < 4.78 is 5.02. The second-order valence-corrected chi connectivity index (χ2v) is 3.92.